The Bertz CT molecular complexity index is 595. The van der Waals surface area contributed by atoms with Gasteiger partial charge in [0.1, 0.15) is 11.6 Å². The van der Waals surface area contributed by atoms with Crippen molar-refractivity contribution in [3.63, 3.8) is 0 Å². The minimum Gasteiger partial charge on any atom is -0.481 e. The molecule has 0 aliphatic rings. The summed E-state index contributed by atoms with van der Waals surface area (Å²) < 4.78 is 23.1. The van der Waals surface area contributed by atoms with E-state index in [9.17, 15) is 18.8 Å². The summed E-state index contributed by atoms with van der Waals surface area (Å²) in [4.78, 5) is 35.4. The molecule has 0 spiro atoms. The number of nitrogens with zero attached hydrogens (tertiary/aromatic N) is 1. The van der Waals surface area contributed by atoms with Crippen LogP contribution in [0.2, 0.25) is 0 Å². The normalized spacial score (nSPS) is 9.91. The third-order valence-electron chi connectivity index (χ3n) is 2.54. The van der Waals surface area contributed by atoms with E-state index >= 15 is 0 Å². The van der Waals surface area contributed by atoms with Crippen LogP contribution >= 0.6 is 15.9 Å². The molecule has 23 heavy (non-hydrogen) atoms. The number of carbonyl (C=O) groups is 3. The molecule has 0 bridgehead atoms. The summed E-state index contributed by atoms with van der Waals surface area (Å²) >= 11 is 3.09. The molecule has 0 radical (unpaired) electrons. The summed E-state index contributed by atoms with van der Waals surface area (Å²) in [6.45, 7) is -1.13. The molecule has 0 atom stereocenters. The molecule has 0 saturated heterocycles. The standard InChI is InChI=1S/C14H16BrFN2O5/c1-18(2)13(20)6-17-12(19)7-23-14(21)8-22-11-4-3-9(16)5-10(11)15/h3-5H,6-8H2,1-2H3,(H,17,19). The van der Waals surface area contributed by atoms with Crippen LogP contribution < -0.4 is 10.1 Å². The van der Waals surface area contributed by atoms with Gasteiger partial charge in [0.25, 0.3) is 5.91 Å². The van der Waals surface area contributed by atoms with Gasteiger partial charge in [0.15, 0.2) is 13.2 Å². The number of likely N-dealkylation sites (N-methyl/N-ethyl adjacent to an activating group) is 1. The van der Waals surface area contributed by atoms with Crippen molar-refractivity contribution >= 4 is 33.7 Å². The van der Waals surface area contributed by atoms with Crippen molar-refractivity contribution in [1.82, 2.24) is 10.2 Å². The molecule has 126 valence electrons. The van der Waals surface area contributed by atoms with Crippen molar-refractivity contribution in [2.45, 2.75) is 0 Å². The molecular weight excluding hydrogens is 375 g/mol. The number of nitrogens with one attached hydrogen (secondary N) is 1. The Balaban J connectivity index is 2.29. The molecule has 0 fully saturated rings. The van der Waals surface area contributed by atoms with E-state index in [2.05, 4.69) is 21.2 Å². The lowest BCUT2D eigenvalue weighted by Crippen LogP contribution is -2.38. The molecule has 7 nitrogen and oxygen atoms in total. The summed E-state index contributed by atoms with van der Waals surface area (Å²) in [6.07, 6.45) is 0. The van der Waals surface area contributed by atoms with Crippen LogP contribution in [0.4, 0.5) is 4.39 Å². The Hall–Kier alpha value is -2.16. The molecule has 0 aliphatic heterocycles. The molecule has 0 aromatic heterocycles. The highest BCUT2D eigenvalue weighted by Crippen LogP contribution is 2.25. The number of halogens is 2. The van der Waals surface area contributed by atoms with Gasteiger partial charge in [-0.15, -0.1) is 0 Å². The first kappa shape index (κ1) is 18.9. The van der Waals surface area contributed by atoms with Gasteiger partial charge in [-0.2, -0.15) is 0 Å². The number of esters is 1. The summed E-state index contributed by atoms with van der Waals surface area (Å²) in [5.74, 6) is -1.83. The fraction of sp³-hybridized carbons (Fsp3) is 0.357. The van der Waals surface area contributed by atoms with Crippen LogP contribution in [0.5, 0.6) is 5.75 Å². The molecule has 1 aromatic rings. The van der Waals surface area contributed by atoms with Crippen LogP contribution in [0.3, 0.4) is 0 Å². The minimum atomic E-state index is -0.768. The monoisotopic (exact) mass is 390 g/mol. The number of carbonyl (C=O) groups excluding carboxylic acids is 3. The van der Waals surface area contributed by atoms with Crippen molar-refractivity contribution in [1.29, 1.82) is 0 Å². The van der Waals surface area contributed by atoms with Gasteiger partial charge in [0, 0.05) is 14.1 Å². The largest absolute Gasteiger partial charge is 0.481 e. The van der Waals surface area contributed by atoms with Crippen molar-refractivity contribution < 1.29 is 28.2 Å². The summed E-state index contributed by atoms with van der Waals surface area (Å²) in [7, 11) is 3.11. The second kappa shape index (κ2) is 9.09. The van der Waals surface area contributed by atoms with Gasteiger partial charge in [-0.1, -0.05) is 0 Å². The first-order valence-corrected chi connectivity index (χ1v) is 7.29. The molecule has 1 aromatic carbocycles. The number of ether oxygens (including phenoxy) is 2. The van der Waals surface area contributed by atoms with Gasteiger partial charge in [-0.25, -0.2) is 9.18 Å². The molecular formula is C14H16BrFN2O5. The predicted octanol–water partition coefficient (Wildman–Crippen LogP) is 0.715. The van der Waals surface area contributed by atoms with E-state index in [1.807, 2.05) is 0 Å². The third-order valence-corrected chi connectivity index (χ3v) is 3.16. The van der Waals surface area contributed by atoms with E-state index < -0.39 is 30.9 Å². The lowest BCUT2D eigenvalue weighted by molar-refractivity contribution is -0.150. The second-order valence-corrected chi connectivity index (χ2v) is 5.44. The number of hydrogen-bond donors (Lipinski definition) is 1. The van der Waals surface area contributed by atoms with Gasteiger partial charge in [-0.3, -0.25) is 9.59 Å². The topological polar surface area (TPSA) is 84.9 Å². The summed E-state index contributed by atoms with van der Waals surface area (Å²) in [5.41, 5.74) is 0. The molecule has 0 unspecified atom stereocenters. The Morgan fingerprint density at radius 1 is 1.26 bits per heavy atom. The van der Waals surface area contributed by atoms with Crippen LogP contribution in [0, 0.1) is 5.82 Å². The van der Waals surface area contributed by atoms with Crippen LogP contribution in [-0.4, -0.2) is 56.5 Å². The molecule has 0 aliphatic carbocycles. The Morgan fingerprint density at radius 2 is 1.96 bits per heavy atom. The first-order valence-electron chi connectivity index (χ1n) is 6.50. The Labute approximate surface area is 140 Å². The quantitative estimate of drug-likeness (QED) is 0.693. The van der Waals surface area contributed by atoms with Crippen molar-refractivity contribution in [3.05, 3.63) is 28.5 Å². The third kappa shape index (κ3) is 7.09. The minimum absolute atomic E-state index is 0.178. The predicted molar refractivity (Wildman–Crippen MR) is 82.3 cm³/mol. The number of benzene rings is 1. The van der Waals surface area contributed by atoms with E-state index in [-0.39, 0.29) is 18.2 Å². The molecule has 1 N–H and O–H groups in total. The van der Waals surface area contributed by atoms with Gasteiger partial charge >= 0.3 is 5.97 Å². The molecule has 2 amide bonds. The van der Waals surface area contributed by atoms with E-state index in [0.29, 0.717) is 4.47 Å². The number of amides is 2. The van der Waals surface area contributed by atoms with Crippen LogP contribution in [0.1, 0.15) is 0 Å². The lowest BCUT2D eigenvalue weighted by Gasteiger charge is -2.11. The van der Waals surface area contributed by atoms with Gasteiger partial charge in [0.05, 0.1) is 11.0 Å². The highest BCUT2D eigenvalue weighted by atomic mass is 79.9. The zero-order chi connectivity index (χ0) is 17.4. The van der Waals surface area contributed by atoms with E-state index in [1.165, 1.54) is 23.1 Å². The van der Waals surface area contributed by atoms with Crippen molar-refractivity contribution in [2.75, 3.05) is 33.9 Å². The van der Waals surface area contributed by atoms with Crippen LogP contribution in [-0.2, 0) is 19.1 Å². The molecule has 9 heteroatoms. The van der Waals surface area contributed by atoms with Crippen molar-refractivity contribution in [3.8, 4) is 5.75 Å². The SMILES string of the molecule is CN(C)C(=O)CNC(=O)COC(=O)COc1ccc(F)cc1Br. The summed E-state index contributed by atoms with van der Waals surface area (Å²) in [6, 6.07) is 3.72. The highest BCUT2D eigenvalue weighted by molar-refractivity contribution is 9.10. The van der Waals surface area contributed by atoms with Gasteiger partial charge < -0.3 is 19.7 Å². The average Bonchev–Trinajstić information content (AvgIpc) is 2.49. The van der Waals surface area contributed by atoms with E-state index in [0.717, 1.165) is 0 Å². The van der Waals surface area contributed by atoms with E-state index in [1.54, 1.807) is 14.1 Å². The van der Waals surface area contributed by atoms with Gasteiger partial charge in [0.2, 0.25) is 5.91 Å². The number of rotatable bonds is 7. The van der Waals surface area contributed by atoms with E-state index in [4.69, 9.17) is 9.47 Å². The maximum absolute atomic E-state index is 12.9. The Kier molecular flexibility index (Phi) is 7.46. The second-order valence-electron chi connectivity index (χ2n) is 4.59. The molecule has 0 saturated carbocycles. The highest BCUT2D eigenvalue weighted by Gasteiger charge is 2.11. The molecule has 0 heterocycles. The summed E-state index contributed by atoms with van der Waals surface area (Å²) in [5, 5.41) is 2.31. The maximum atomic E-state index is 12.9. The lowest BCUT2D eigenvalue weighted by atomic mass is 10.3. The zero-order valence-electron chi connectivity index (χ0n) is 12.6. The van der Waals surface area contributed by atoms with Crippen molar-refractivity contribution in [2.24, 2.45) is 0 Å². The van der Waals surface area contributed by atoms with Crippen LogP contribution in [0.15, 0.2) is 22.7 Å². The molecule has 1 rings (SSSR count). The maximum Gasteiger partial charge on any atom is 0.344 e. The first-order chi connectivity index (χ1) is 10.8. The van der Waals surface area contributed by atoms with Gasteiger partial charge in [-0.05, 0) is 34.1 Å². The number of hydrogen-bond acceptors (Lipinski definition) is 5. The smallest absolute Gasteiger partial charge is 0.344 e. The Morgan fingerprint density at radius 3 is 2.57 bits per heavy atom. The zero-order valence-corrected chi connectivity index (χ0v) is 14.2. The fourth-order valence-corrected chi connectivity index (χ4v) is 1.77. The average molecular weight is 391 g/mol. The fourth-order valence-electron chi connectivity index (χ4n) is 1.30. The van der Waals surface area contributed by atoms with Crippen LogP contribution in [0.25, 0.3) is 0 Å².